The predicted molar refractivity (Wildman–Crippen MR) is 80.5 cm³/mol. The van der Waals surface area contributed by atoms with Gasteiger partial charge in [0.15, 0.2) is 0 Å². The van der Waals surface area contributed by atoms with Crippen molar-refractivity contribution in [3.8, 4) is 0 Å². The highest BCUT2D eigenvalue weighted by Crippen LogP contribution is 2.41. The van der Waals surface area contributed by atoms with Crippen LogP contribution in [0.5, 0.6) is 0 Å². The number of hydrogen-bond acceptors (Lipinski definition) is 2. The van der Waals surface area contributed by atoms with Gasteiger partial charge >= 0.3 is 0 Å². The Kier molecular flexibility index (Phi) is 4.91. The van der Waals surface area contributed by atoms with Gasteiger partial charge in [-0.1, -0.05) is 31.9 Å². The summed E-state index contributed by atoms with van der Waals surface area (Å²) in [6.07, 6.45) is 5.70. The Bertz CT molecular complexity index is 414. The summed E-state index contributed by atoms with van der Waals surface area (Å²) in [5.74, 6) is 1.52. The van der Waals surface area contributed by atoms with Crippen LogP contribution in [-0.2, 0) is 0 Å². The SMILES string of the molecule is CCNC(c1c(Cl)cnn1C(C)C)C1CCC(C)C1. The Balaban J connectivity index is 2.30. The molecule has 2 rings (SSSR count). The fourth-order valence-electron chi connectivity index (χ4n) is 3.31. The van der Waals surface area contributed by atoms with Gasteiger partial charge in [0, 0.05) is 6.04 Å². The number of nitrogens with zero attached hydrogens (tertiary/aromatic N) is 2. The first-order valence-corrected chi connectivity index (χ1v) is 7.88. The topological polar surface area (TPSA) is 29.9 Å². The van der Waals surface area contributed by atoms with E-state index in [2.05, 4.69) is 42.8 Å². The van der Waals surface area contributed by atoms with Crippen LogP contribution in [0.25, 0.3) is 0 Å². The van der Waals surface area contributed by atoms with Gasteiger partial charge in [0.2, 0.25) is 0 Å². The molecular formula is C15H26ClN3. The van der Waals surface area contributed by atoms with Crippen LogP contribution in [0.15, 0.2) is 6.20 Å². The molecule has 3 unspecified atom stereocenters. The summed E-state index contributed by atoms with van der Waals surface area (Å²) >= 11 is 6.41. The zero-order valence-corrected chi connectivity index (χ0v) is 13.2. The summed E-state index contributed by atoms with van der Waals surface area (Å²) in [7, 11) is 0. The average Bonchev–Trinajstić information content (AvgIpc) is 2.93. The van der Waals surface area contributed by atoms with E-state index in [0.29, 0.717) is 18.0 Å². The summed E-state index contributed by atoms with van der Waals surface area (Å²) in [5.41, 5.74) is 1.18. The molecule has 0 amide bonds. The van der Waals surface area contributed by atoms with Crippen LogP contribution in [0.3, 0.4) is 0 Å². The Morgan fingerprint density at radius 2 is 2.21 bits per heavy atom. The number of hydrogen-bond donors (Lipinski definition) is 1. The van der Waals surface area contributed by atoms with Crippen molar-refractivity contribution in [2.24, 2.45) is 11.8 Å². The lowest BCUT2D eigenvalue weighted by atomic mass is 9.94. The highest BCUT2D eigenvalue weighted by atomic mass is 35.5. The quantitative estimate of drug-likeness (QED) is 0.877. The monoisotopic (exact) mass is 283 g/mol. The molecule has 0 aromatic carbocycles. The molecule has 19 heavy (non-hydrogen) atoms. The maximum absolute atomic E-state index is 6.41. The van der Waals surface area contributed by atoms with E-state index >= 15 is 0 Å². The van der Waals surface area contributed by atoms with E-state index in [0.717, 1.165) is 17.5 Å². The van der Waals surface area contributed by atoms with Gasteiger partial charge in [0.05, 0.1) is 23.0 Å². The van der Waals surface area contributed by atoms with E-state index in [1.165, 1.54) is 25.0 Å². The van der Waals surface area contributed by atoms with Crippen molar-refractivity contribution < 1.29 is 0 Å². The highest BCUT2D eigenvalue weighted by Gasteiger charge is 2.33. The minimum atomic E-state index is 0.340. The van der Waals surface area contributed by atoms with E-state index in [1.54, 1.807) is 6.20 Å². The van der Waals surface area contributed by atoms with Crippen molar-refractivity contribution in [1.29, 1.82) is 0 Å². The summed E-state index contributed by atoms with van der Waals surface area (Å²) in [6, 6.07) is 0.690. The summed E-state index contributed by atoms with van der Waals surface area (Å²) < 4.78 is 2.08. The lowest BCUT2D eigenvalue weighted by Crippen LogP contribution is -2.30. The van der Waals surface area contributed by atoms with E-state index in [9.17, 15) is 0 Å². The molecule has 1 aliphatic carbocycles. The molecule has 0 aliphatic heterocycles. The van der Waals surface area contributed by atoms with E-state index in [-0.39, 0.29) is 0 Å². The summed E-state index contributed by atoms with van der Waals surface area (Å²) in [6.45, 7) is 9.80. The molecule has 1 saturated carbocycles. The summed E-state index contributed by atoms with van der Waals surface area (Å²) in [4.78, 5) is 0. The molecule has 1 aliphatic rings. The zero-order valence-electron chi connectivity index (χ0n) is 12.5. The first kappa shape index (κ1) is 14.9. The van der Waals surface area contributed by atoms with Crippen LogP contribution in [-0.4, -0.2) is 16.3 Å². The Morgan fingerprint density at radius 3 is 2.74 bits per heavy atom. The van der Waals surface area contributed by atoms with Gasteiger partial charge in [-0.15, -0.1) is 0 Å². The lowest BCUT2D eigenvalue weighted by molar-refractivity contribution is 0.335. The van der Waals surface area contributed by atoms with Crippen molar-refractivity contribution in [3.05, 3.63) is 16.9 Å². The smallest absolute Gasteiger partial charge is 0.0834 e. The van der Waals surface area contributed by atoms with Gasteiger partial charge in [-0.25, -0.2) is 0 Å². The van der Waals surface area contributed by atoms with Gasteiger partial charge in [0.1, 0.15) is 0 Å². The highest BCUT2D eigenvalue weighted by molar-refractivity contribution is 6.31. The Morgan fingerprint density at radius 1 is 1.47 bits per heavy atom. The number of nitrogens with one attached hydrogen (secondary N) is 1. The molecule has 1 N–H and O–H groups in total. The molecule has 4 heteroatoms. The maximum Gasteiger partial charge on any atom is 0.0834 e. The normalized spacial score (nSPS) is 25.2. The molecule has 0 radical (unpaired) electrons. The Hall–Kier alpha value is -0.540. The van der Waals surface area contributed by atoms with Gasteiger partial charge < -0.3 is 5.32 Å². The van der Waals surface area contributed by atoms with Gasteiger partial charge in [-0.3, -0.25) is 4.68 Å². The molecule has 1 aromatic heterocycles. The van der Waals surface area contributed by atoms with Crippen molar-refractivity contribution in [1.82, 2.24) is 15.1 Å². The van der Waals surface area contributed by atoms with Crippen molar-refractivity contribution >= 4 is 11.6 Å². The maximum atomic E-state index is 6.41. The van der Waals surface area contributed by atoms with Gasteiger partial charge in [0.25, 0.3) is 0 Å². The zero-order chi connectivity index (χ0) is 14.0. The third-order valence-corrected chi connectivity index (χ3v) is 4.49. The fourth-order valence-corrected chi connectivity index (χ4v) is 3.56. The van der Waals surface area contributed by atoms with E-state index in [4.69, 9.17) is 11.6 Å². The first-order valence-electron chi connectivity index (χ1n) is 7.50. The number of rotatable bonds is 5. The van der Waals surface area contributed by atoms with E-state index in [1.807, 2.05) is 0 Å². The van der Waals surface area contributed by atoms with Crippen LogP contribution in [0.2, 0.25) is 5.02 Å². The molecule has 3 nitrogen and oxygen atoms in total. The molecule has 0 saturated heterocycles. The van der Waals surface area contributed by atoms with Crippen LogP contribution >= 0.6 is 11.6 Å². The molecule has 3 atom stereocenters. The second-order valence-corrected chi connectivity index (χ2v) is 6.54. The fraction of sp³-hybridized carbons (Fsp3) is 0.800. The largest absolute Gasteiger partial charge is 0.309 e. The third kappa shape index (κ3) is 3.14. The molecule has 1 heterocycles. The second-order valence-electron chi connectivity index (χ2n) is 6.13. The number of halogens is 1. The van der Waals surface area contributed by atoms with Gasteiger partial charge in [-0.2, -0.15) is 5.10 Å². The predicted octanol–water partition coefficient (Wildman–Crippen LogP) is 4.20. The number of aromatic nitrogens is 2. The van der Waals surface area contributed by atoms with Crippen molar-refractivity contribution in [2.75, 3.05) is 6.54 Å². The van der Waals surface area contributed by atoms with Gasteiger partial charge in [-0.05, 0) is 45.1 Å². The molecule has 0 bridgehead atoms. The summed E-state index contributed by atoms with van der Waals surface area (Å²) in [5, 5.41) is 8.90. The molecule has 1 aromatic rings. The minimum Gasteiger partial charge on any atom is -0.309 e. The molecule has 108 valence electrons. The minimum absolute atomic E-state index is 0.340. The first-order chi connectivity index (χ1) is 9.04. The van der Waals surface area contributed by atoms with E-state index < -0.39 is 0 Å². The third-order valence-electron chi connectivity index (χ3n) is 4.20. The Labute approximate surface area is 121 Å². The van der Waals surface area contributed by atoms with Crippen molar-refractivity contribution in [3.63, 3.8) is 0 Å². The second kappa shape index (κ2) is 6.27. The average molecular weight is 284 g/mol. The molecule has 1 fully saturated rings. The van der Waals surface area contributed by atoms with Crippen LogP contribution < -0.4 is 5.32 Å². The molecule has 0 spiro atoms. The van der Waals surface area contributed by atoms with Crippen molar-refractivity contribution in [2.45, 2.75) is 59.0 Å². The van der Waals surface area contributed by atoms with Crippen LogP contribution in [0.4, 0.5) is 0 Å². The van der Waals surface area contributed by atoms with Crippen LogP contribution in [0, 0.1) is 11.8 Å². The molecular weight excluding hydrogens is 258 g/mol. The standard InChI is InChI=1S/C15H26ClN3/c1-5-17-14(12-7-6-11(4)8-12)15-13(16)9-18-19(15)10(2)3/h9-12,14,17H,5-8H2,1-4H3. The lowest BCUT2D eigenvalue weighted by Gasteiger charge is -2.27. The van der Waals surface area contributed by atoms with Crippen LogP contribution in [0.1, 0.15) is 64.7 Å².